The van der Waals surface area contributed by atoms with E-state index in [1.54, 1.807) is 11.0 Å². The highest BCUT2D eigenvalue weighted by atomic mass is 16.6. The Bertz CT molecular complexity index is 1090. The molecule has 4 rings (SSSR count). The Morgan fingerprint density at radius 1 is 1.03 bits per heavy atom. The van der Waals surface area contributed by atoms with Crippen LogP contribution in [0.1, 0.15) is 44.0 Å². The highest BCUT2D eigenvalue weighted by Crippen LogP contribution is 2.24. The largest absolute Gasteiger partial charge is 0.447 e. The molecule has 0 aliphatic carbocycles. The number of fused-ring (bicyclic) bond motifs is 1. The number of nitrogens with one attached hydrogen (secondary N) is 2. The van der Waals surface area contributed by atoms with E-state index in [9.17, 15) is 14.4 Å². The van der Waals surface area contributed by atoms with Gasteiger partial charge in [0.2, 0.25) is 0 Å². The third-order valence-corrected chi connectivity index (χ3v) is 6.70. The van der Waals surface area contributed by atoms with Crippen LogP contribution < -0.4 is 10.6 Å². The average Bonchev–Trinajstić information content (AvgIpc) is 2.88. The third kappa shape index (κ3) is 6.04. The number of para-hydroxylation sites is 1. The molecule has 36 heavy (non-hydrogen) atoms. The topological polar surface area (TPSA) is 107 Å². The summed E-state index contributed by atoms with van der Waals surface area (Å²) in [5, 5.41) is 6.19. The van der Waals surface area contributed by atoms with E-state index in [0.29, 0.717) is 55.7 Å². The first-order valence-corrected chi connectivity index (χ1v) is 12.8. The number of amides is 4. The standard InChI is InChI=1S/C26H36N6O4/c1-4-27-25(34)29-23-17-21(20-7-5-6-8-22(20)28-23)24(33)31-15-13-30(14-16-31)19-9-11-32(12-10-19)26(35)36-18(2)3/h5-8,17-19H,4,9-16H2,1-3H3,(H2,27,28,29,34). The highest BCUT2D eigenvalue weighted by molar-refractivity contribution is 6.07. The number of piperazine rings is 1. The molecular weight excluding hydrogens is 460 g/mol. The molecule has 2 aromatic rings. The number of likely N-dealkylation sites (tertiary alicyclic amines) is 1. The molecule has 0 unspecified atom stereocenters. The van der Waals surface area contributed by atoms with Crippen LogP contribution in [0.5, 0.6) is 0 Å². The number of rotatable bonds is 5. The Kier molecular flexibility index (Phi) is 8.25. The molecule has 194 valence electrons. The lowest BCUT2D eigenvalue weighted by Gasteiger charge is -2.42. The maximum absolute atomic E-state index is 13.6. The fourth-order valence-corrected chi connectivity index (χ4v) is 4.89. The van der Waals surface area contributed by atoms with Gasteiger partial charge in [0, 0.05) is 57.2 Å². The normalized spacial score (nSPS) is 17.3. The first kappa shape index (κ1) is 25.7. The Hall–Kier alpha value is -3.40. The lowest BCUT2D eigenvalue weighted by Crippen LogP contribution is -2.54. The fourth-order valence-electron chi connectivity index (χ4n) is 4.89. The van der Waals surface area contributed by atoms with E-state index in [0.717, 1.165) is 31.3 Å². The number of pyridine rings is 1. The summed E-state index contributed by atoms with van der Waals surface area (Å²) in [5.74, 6) is 0.294. The minimum absolute atomic E-state index is 0.0570. The molecule has 0 radical (unpaired) electrons. The van der Waals surface area contributed by atoms with Crippen LogP contribution in [0.3, 0.4) is 0 Å². The van der Waals surface area contributed by atoms with Crippen LogP contribution in [0.4, 0.5) is 15.4 Å². The van der Waals surface area contributed by atoms with Crippen molar-refractivity contribution in [1.29, 1.82) is 0 Å². The summed E-state index contributed by atoms with van der Waals surface area (Å²) in [6.45, 7) is 10.3. The molecule has 2 fully saturated rings. The number of urea groups is 1. The summed E-state index contributed by atoms with van der Waals surface area (Å²) in [6, 6.07) is 9.20. The van der Waals surface area contributed by atoms with Crippen molar-refractivity contribution in [1.82, 2.24) is 25.0 Å². The Morgan fingerprint density at radius 3 is 2.39 bits per heavy atom. The molecule has 1 aromatic heterocycles. The second-order valence-electron chi connectivity index (χ2n) is 9.54. The van der Waals surface area contributed by atoms with Crippen LogP contribution in [0.25, 0.3) is 10.9 Å². The third-order valence-electron chi connectivity index (χ3n) is 6.70. The lowest BCUT2D eigenvalue weighted by atomic mass is 10.0. The summed E-state index contributed by atoms with van der Waals surface area (Å²) < 4.78 is 5.32. The highest BCUT2D eigenvalue weighted by Gasteiger charge is 2.31. The van der Waals surface area contributed by atoms with Crippen LogP contribution in [-0.2, 0) is 4.74 Å². The van der Waals surface area contributed by atoms with Gasteiger partial charge >= 0.3 is 12.1 Å². The van der Waals surface area contributed by atoms with Gasteiger partial charge in [-0.15, -0.1) is 0 Å². The average molecular weight is 497 g/mol. The van der Waals surface area contributed by atoms with Gasteiger partial charge in [-0.3, -0.25) is 15.0 Å². The van der Waals surface area contributed by atoms with Crippen molar-refractivity contribution in [2.24, 2.45) is 0 Å². The Labute approximate surface area is 212 Å². The van der Waals surface area contributed by atoms with Gasteiger partial charge < -0.3 is 19.9 Å². The fraction of sp³-hybridized carbons (Fsp3) is 0.538. The van der Waals surface area contributed by atoms with Gasteiger partial charge in [-0.25, -0.2) is 14.6 Å². The minimum atomic E-state index is -0.351. The van der Waals surface area contributed by atoms with E-state index in [1.165, 1.54) is 0 Å². The van der Waals surface area contributed by atoms with Crippen LogP contribution in [0.2, 0.25) is 0 Å². The van der Waals surface area contributed by atoms with Gasteiger partial charge in [-0.1, -0.05) is 18.2 Å². The number of hydrogen-bond acceptors (Lipinski definition) is 6. The van der Waals surface area contributed by atoms with Gasteiger partial charge in [-0.05, 0) is 45.7 Å². The number of carbonyl (C=O) groups excluding carboxylic acids is 3. The summed E-state index contributed by atoms with van der Waals surface area (Å²) in [6.07, 6.45) is 1.47. The monoisotopic (exact) mass is 496 g/mol. The summed E-state index contributed by atoms with van der Waals surface area (Å²) in [7, 11) is 0. The molecule has 0 saturated carbocycles. The van der Waals surface area contributed by atoms with Crippen molar-refractivity contribution in [3.8, 4) is 0 Å². The van der Waals surface area contributed by atoms with E-state index in [2.05, 4.69) is 20.5 Å². The second kappa shape index (κ2) is 11.6. The zero-order chi connectivity index (χ0) is 25.7. The summed E-state index contributed by atoms with van der Waals surface area (Å²) >= 11 is 0. The van der Waals surface area contributed by atoms with Crippen LogP contribution in [-0.4, -0.2) is 95.7 Å². The number of ether oxygens (including phenoxy) is 1. The number of hydrogen-bond donors (Lipinski definition) is 2. The zero-order valence-corrected chi connectivity index (χ0v) is 21.3. The Balaban J connectivity index is 1.38. The molecule has 2 aliphatic rings. The summed E-state index contributed by atoms with van der Waals surface area (Å²) in [5.41, 5.74) is 1.20. The van der Waals surface area contributed by atoms with E-state index in [1.807, 2.05) is 49.9 Å². The van der Waals surface area contributed by atoms with Crippen LogP contribution in [0.15, 0.2) is 30.3 Å². The van der Waals surface area contributed by atoms with Gasteiger partial charge in [0.25, 0.3) is 5.91 Å². The molecule has 2 aliphatic heterocycles. The van der Waals surface area contributed by atoms with Gasteiger partial charge in [0.1, 0.15) is 5.82 Å². The molecule has 4 amide bonds. The maximum Gasteiger partial charge on any atom is 0.410 e. The van der Waals surface area contributed by atoms with Crippen molar-refractivity contribution < 1.29 is 19.1 Å². The molecule has 0 atom stereocenters. The van der Waals surface area contributed by atoms with E-state index >= 15 is 0 Å². The number of carbonyl (C=O) groups is 3. The molecular formula is C26H36N6O4. The molecule has 10 heteroatoms. The van der Waals surface area contributed by atoms with Crippen LogP contribution >= 0.6 is 0 Å². The number of anilines is 1. The molecule has 2 N–H and O–H groups in total. The predicted octanol–water partition coefficient (Wildman–Crippen LogP) is 3.14. The molecule has 0 spiro atoms. The first-order valence-electron chi connectivity index (χ1n) is 12.8. The maximum atomic E-state index is 13.6. The van der Waals surface area contributed by atoms with Crippen molar-refractivity contribution in [2.45, 2.75) is 45.8 Å². The molecule has 3 heterocycles. The minimum Gasteiger partial charge on any atom is -0.447 e. The molecule has 2 saturated heterocycles. The van der Waals surface area contributed by atoms with Crippen LogP contribution in [0, 0.1) is 0 Å². The van der Waals surface area contributed by atoms with Gasteiger partial charge in [0.05, 0.1) is 17.2 Å². The van der Waals surface area contributed by atoms with Gasteiger partial charge in [-0.2, -0.15) is 0 Å². The van der Waals surface area contributed by atoms with Crippen molar-refractivity contribution in [3.05, 3.63) is 35.9 Å². The Morgan fingerprint density at radius 2 is 1.72 bits per heavy atom. The first-order chi connectivity index (χ1) is 17.4. The molecule has 0 bridgehead atoms. The summed E-state index contributed by atoms with van der Waals surface area (Å²) in [4.78, 5) is 48.4. The smallest absolute Gasteiger partial charge is 0.410 e. The van der Waals surface area contributed by atoms with E-state index < -0.39 is 0 Å². The zero-order valence-electron chi connectivity index (χ0n) is 21.3. The number of nitrogens with zero attached hydrogens (tertiary/aromatic N) is 4. The molecule has 10 nitrogen and oxygen atoms in total. The lowest BCUT2D eigenvalue weighted by molar-refractivity contribution is 0.0359. The second-order valence-corrected chi connectivity index (χ2v) is 9.54. The number of aromatic nitrogens is 1. The van der Waals surface area contributed by atoms with Crippen molar-refractivity contribution >= 4 is 34.8 Å². The van der Waals surface area contributed by atoms with Crippen molar-refractivity contribution in [3.63, 3.8) is 0 Å². The van der Waals surface area contributed by atoms with Gasteiger partial charge in [0.15, 0.2) is 0 Å². The van der Waals surface area contributed by atoms with E-state index in [4.69, 9.17) is 4.74 Å². The van der Waals surface area contributed by atoms with E-state index in [-0.39, 0.29) is 24.1 Å². The van der Waals surface area contributed by atoms with Crippen molar-refractivity contribution in [2.75, 3.05) is 51.1 Å². The molecule has 1 aromatic carbocycles. The number of benzene rings is 1. The SMILES string of the molecule is CCNC(=O)Nc1cc(C(=O)N2CCN(C3CCN(C(=O)OC(C)C)CC3)CC2)c2ccccc2n1. The quantitative estimate of drug-likeness (QED) is 0.659. The predicted molar refractivity (Wildman–Crippen MR) is 138 cm³/mol. The number of piperidine rings is 1.